The normalized spacial score (nSPS) is 20.0. The van der Waals surface area contributed by atoms with Crippen molar-refractivity contribution in [2.24, 2.45) is 0 Å². The van der Waals surface area contributed by atoms with E-state index in [0.717, 1.165) is 31.2 Å². The first-order valence-electron chi connectivity index (χ1n) is 10.4. The number of carbonyl (C=O) groups excluding carboxylic acids is 1. The Hall–Kier alpha value is -2.37. The van der Waals surface area contributed by atoms with Crippen LogP contribution >= 0.6 is 0 Å². The molecule has 1 aliphatic rings. The number of rotatable bonds is 9. The second kappa shape index (κ2) is 11.6. The van der Waals surface area contributed by atoms with Gasteiger partial charge in [0, 0.05) is 6.04 Å². The second-order valence-electron chi connectivity index (χ2n) is 7.63. The van der Waals surface area contributed by atoms with Gasteiger partial charge in [-0.1, -0.05) is 60.7 Å². The molecule has 0 spiro atoms. The SMILES string of the molecule is C[C@@H](COCc1ccccc1)O[C@H]1CC[C@H](NC(=O)OCc2ccccc2)CC1. The van der Waals surface area contributed by atoms with Crippen LogP contribution in [0, 0.1) is 0 Å². The number of benzene rings is 2. The summed E-state index contributed by atoms with van der Waals surface area (Å²) in [5.41, 5.74) is 2.16. The van der Waals surface area contributed by atoms with Gasteiger partial charge in [-0.05, 0) is 43.7 Å². The molecular formula is C24H31NO4. The van der Waals surface area contributed by atoms with Crippen molar-refractivity contribution in [3.8, 4) is 0 Å². The number of hydrogen-bond acceptors (Lipinski definition) is 4. The third kappa shape index (κ3) is 7.87. The van der Waals surface area contributed by atoms with E-state index in [2.05, 4.69) is 24.4 Å². The Morgan fingerprint density at radius 2 is 1.52 bits per heavy atom. The van der Waals surface area contributed by atoms with Crippen LogP contribution in [0.5, 0.6) is 0 Å². The monoisotopic (exact) mass is 397 g/mol. The zero-order chi connectivity index (χ0) is 20.3. The number of nitrogens with one attached hydrogen (secondary N) is 1. The first kappa shape index (κ1) is 21.3. The fourth-order valence-corrected chi connectivity index (χ4v) is 3.56. The van der Waals surface area contributed by atoms with Gasteiger partial charge >= 0.3 is 6.09 Å². The van der Waals surface area contributed by atoms with Crippen molar-refractivity contribution in [3.63, 3.8) is 0 Å². The lowest BCUT2D eigenvalue weighted by atomic mass is 9.93. The van der Waals surface area contributed by atoms with Gasteiger partial charge < -0.3 is 19.5 Å². The van der Waals surface area contributed by atoms with E-state index < -0.39 is 0 Å². The second-order valence-corrected chi connectivity index (χ2v) is 7.63. The fraction of sp³-hybridized carbons (Fsp3) is 0.458. The highest BCUT2D eigenvalue weighted by Gasteiger charge is 2.24. The maximum absolute atomic E-state index is 12.0. The Balaban J connectivity index is 1.27. The molecule has 5 heteroatoms. The lowest BCUT2D eigenvalue weighted by Gasteiger charge is -2.30. The molecule has 3 rings (SSSR count). The molecule has 2 aromatic carbocycles. The summed E-state index contributed by atoms with van der Waals surface area (Å²) in [5.74, 6) is 0. The van der Waals surface area contributed by atoms with Gasteiger partial charge in [0.2, 0.25) is 0 Å². The molecule has 2 aromatic rings. The zero-order valence-electron chi connectivity index (χ0n) is 17.1. The van der Waals surface area contributed by atoms with E-state index in [4.69, 9.17) is 14.2 Å². The van der Waals surface area contributed by atoms with Crippen LogP contribution in [0.4, 0.5) is 4.79 Å². The van der Waals surface area contributed by atoms with E-state index in [1.165, 1.54) is 5.56 Å². The molecule has 29 heavy (non-hydrogen) atoms. The third-order valence-corrected chi connectivity index (χ3v) is 5.10. The molecule has 156 valence electrons. The number of amides is 1. The quantitative estimate of drug-likeness (QED) is 0.657. The van der Waals surface area contributed by atoms with E-state index in [0.29, 0.717) is 19.8 Å². The summed E-state index contributed by atoms with van der Waals surface area (Å²) in [6, 6.07) is 20.0. The standard InChI is InChI=1S/C24H31NO4/c1-19(16-27-17-20-8-4-2-5-9-20)29-23-14-12-22(13-15-23)25-24(26)28-18-21-10-6-3-7-11-21/h2-11,19,22-23H,12-18H2,1H3,(H,25,26)/t19-,22-,23-/m0/s1. The molecule has 1 atom stereocenters. The van der Waals surface area contributed by atoms with Gasteiger partial charge in [-0.25, -0.2) is 4.79 Å². The predicted molar refractivity (Wildman–Crippen MR) is 112 cm³/mol. The van der Waals surface area contributed by atoms with Crippen molar-refractivity contribution in [2.75, 3.05) is 6.61 Å². The van der Waals surface area contributed by atoms with Crippen molar-refractivity contribution >= 4 is 6.09 Å². The molecule has 0 aliphatic heterocycles. The lowest BCUT2D eigenvalue weighted by molar-refractivity contribution is -0.0651. The maximum atomic E-state index is 12.0. The molecule has 1 N–H and O–H groups in total. The smallest absolute Gasteiger partial charge is 0.407 e. The fourth-order valence-electron chi connectivity index (χ4n) is 3.56. The number of carbonyl (C=O) groups is 1. The van der Waals surface area contributed by atoms with Crippen molar-refractivity contribution in [2.45, 2.75) is 64.1 Å². The highest BCUT2D eigenvalue weighted by atomic mass is 16.5. The summed E-state index contributed by atoms with van der Waals surface area (Å²) in [5, 5.41) is 2.97. The molecule has 0 radical (unpaired) electrons. The summed E-state index contributed by atoms with van der Waals surface area (Å²) in [6.07, 6.45) is 3.62. The van der Waals surface area contributed by atoms with Crippen molar-refractivity contribution < 1.29 is 19.0 Å². The minimum absolute atomic E-state index is 0.0593. The van der Waals surface area contributed by atoms with Gasteiger partial charge in [-0.15, -0.1) is 0 Å². The van der Waals surface area contributed by atoms with E-state index in [-0.39, 0.29) is 24.3 Å². The molecule has 1 saturated carbocycles. The van der Waals surface area contributed by atoms with Crippen LogP contribution in [-0.2, 0) is 27.4 Å². The Kier molecular flexibility index (Phi) is 8.53. The van der Waals surface area contributed by atoms with Gasteiger partial charge in [0.25, 0.3) is 0 Å². The van der Waals surface area contributed by atoms with Gasteiger partial charge in [-0.2, -0.15) is 0 Å². The third-order valence-electron chi connectivity index (χ3n) is 5.10. The highest BCUT2D eigenvalue weighted by Crippen LogP contribution is 2.22. The van der Waals surface area contributed by atoms with Crippen LogP contribution < -0.4 is 5.32 Å². The van der Waals surface area contributed by atoms with Gasteiger partial charge in [0.15, 0.2) is 0 Å². The molecule has 1 amide bonds. The molecule has 1 fully saturated rings. The summed E-state index contributed by atoms with van der Waals surface area (Å²) in [6.45, 7) is 3.54. The number of hydrogen-bond donors (Lipinski definition) is 1. The summed E-state index contributed by atoms with van der Waals surface area (Å²) >= 11 is 0. The maximum Gasteiger partial charge on any atom is 0.407 e. The molecule has 1 aliphatic carbocycles. The van der Waals surface area contributed by atoms with Gasteiger partial charge in [-0.3, -0.25) is 0 Å². The minimum atomic E-state index is -0.346. The molecule has 0 heterocycles. The van der Waals surface area contributed by atoms with Gasteiger partial charge in [0.1, 0.15) is 6.61 Å². The van der Waals surface area contributed by atoms with E-state index in [1.54, 1.807) is 0 Å². The summed E-state index contributed by atoms with van der Waals surface area (Å²) < 4.78 is 17.2. The zero-order valence-corrected chi connectivity index (χ0v) is 17.1. The molecular weight excluding hydrogens is 366 g/mol. The van der Waals surface area contributed by atoms with Crippen LogP contribution in [-0.4, -0.2) is 30.9 Å². The highest BCUT2D eigenvalue weighted by molar-refractivity contribution is 5.67. The molecule has 0 bridgehead atoms. The molecule has 0 saturated heterocycles. The Labute approximate surface area is 173 Å². The van der Waals surface area contributed by atoms with E-state index >= 15 is 0 Å². The number of alkyl carbamates (subject to hydrolysis) is 1. The van der Waals surface area contributed by atoms with Gasteiger partial charge in [0.05, 0.1) is 25.4 Å². The van der Waals surface area contributed by atoms with Crippen LogP contribution in [0.2, 0.25) is 0 Å². The first-order chi connectivity index (χ1) is 14.2. The molecule has 0 aromatic heterocycles. The average Bonchev–Trinajstić information content (AvgIpc) is 2.75. The topological polar surface area (TPSA) is 56.8 Å². The Morgan fingerprint density at radius 1 is 0.931 bits per heavy atom. The Bertz CT molecular complexity index is 714. The van der Waals surface area contributed by atoms with E-state index in [1.807, 2.05) is 48.5 Å². The van der Waals surface area contributed by atoms with Crippen LogP contribution in [0.3, 0.4) is 0 Å². The Morgan fingerprint density at radius 3 is 2.14 bits per heavy atom. The van der Waals surface area contributed by atoms with Crippen LogP contribution in [0.1, 0.15) is 43.7 Å². The largest absolute Gasteiger partial charge is 0.445 e. The van der Waals surface area contributed by atoms with E-state index in [9.17, 15) is 4.79 Å². The van der Waals surface area contributed by atoms with Crippen molar-refractivity contribution in [3.05, 3.63) is 71.8 Å². The first-order valence-corrected chi connectivity index (χ1v) is 10.4. The lowest BCUT2D eigenvalue weighted by Crippen LogP contribution is -2.40. The molecule has 0 unspecified atom stereocenters. The summed E-state index contributed by atoms with van der Waals surface area (Å²) in [7, 11) is 0. The van der Waals surface area contributed by atoms with Crippen molar-refractivity contribution in [1.82, 2.24) is 5.32 Å². The van der Waals surface area contributed by atoms with Crippen LogP contribution in [0.15, 0.2) is 60.7 Å². The predicted octanol–water partition coefficient (Wildman–Crippen LogP) is 4.85. The molecule has 5 nitrogen and oxygen atoms in total. The van der Waals surface area contributed by atoms with Crippen molar-refractivity contribution in [1.29, 1.82) is 0 Å². The number of ether oxygens (including phenoxy) is 3. The summed E-state index contributed by atoms with van der Waals surface area (Å²) in [4.78, 5) is 12.0. The van der Waals surface area contributed by atoms with Crippen LogP contribution in [0.25, 0.3) is 0 Å². The average molecular weight is 398 g/mol. The minimum Gasteiger partial charge on any atom is -0.445 e.